The van der Waals surface area contributed by atoms with E-state index >= 15 is 0 Å². The van der Waals surface area contributed by atoms with Crippen LogP contribution in [0.15, 0.2) is 12.2 Å². The fourth-order valence-corrected chi connectivity index (χ4v) is 4.54. The molecule has 0 unspecified atom stereocenters. The van der Waals surface area contributed by atoms with Gasteiger partial charge in [-0.1, -0.05) is 6.58 Å². The van der Waals surface area contributed by atoms with Crippen molar-refractivity contribution < 1.29 is 9.53 Å². The number of hydrogen-bond donors (Lipinski definition) is 0. The van der Waals surface area contributed by atoms with E-state index in [0.717, 1.165) is 12.8 Å². The van der Waals surface area contributed by atoms with Crippen LogP contribution < -0.4 is 0 Å². The molecule has 0 aromatic heterocycles. The third-order valence-electron chi connectivity index (χ3n) is 2.46. The van der Waals surface area contributed by atoms with Crippen LogP contribution in [0.2, 0.25) is 0 Å². The van der Waals surface area contributed by atoms with E-state index in [4.69, 9.17) is 4.74 Å². The summed E-state index contributed by atoms with van der Waals surface area (Å²) in [6.07, 6.45) is 3.36. The molecule has 4 heteroatoms. The van der Waals surface area contributed by atoms with E-state index in [-0.39, 0.29) is 5.97 Å². The van der Waals surface area contributed by atoms with Gasteiger partial charge in [0, 0.05) is 5.57 Å². The maximum atomic E-state index is 11.1. The van der Waals surface area contributed by atoms with Crippen LogP contribution in [0.1, 0.15) is 33.1 Å². The molecule has 0 spiro atoms. The highest BCUT2D eigenvalue weighted by Gasteiger charge is 2.27. The third kappa shape index (κ3) is 4.83. The lowest BCUT2D eigenvalue weighted by molar-refractivity contribution is -0.139. The minimum atomic E-state index is -0.269. The van der Waals surface area contributed by atoms with Gasteiger partial charge >= 0.3 is 5.97 Å². The Labute approximate surface area is 107 Å². The smallest absolute Gasteiger partial charge is 0.333 e. The zero-order valence-electron chi connectivity index (χ0n) is 10.1. The summed E-state index contributed by atoms with van der Waals surface area (Å²) in [5, 5.41) is 0. The van der Waals surface area contributed by atoms with Gasteiger partial charge in [-0.2, -0.15) is 0 Å². The van der Waals surface area contributed by atoms with E-state index in [9.17, 15) is 4.79 Å². The molecule has 0 aliphatic carbocycles. The first-order valence-corrected chi connectivity index (χ1v) is 7.61. The van der Waals surface area contributed by atoms with Gasteiger partial charge in [-0.05, 0) is 44.6 Å². The van der Waals surface area contributed by atoms with E-state index in [2.05, 4.69) is 13.5 Å². The lowest BCUT2D eigenvalue weighted by Gasteiger charge is -2.32. The van der Waals surface area contributed by atoms with Gasteiger partial charge in [-0.3, -0.25) is 0 Å². The normalized spacial score (nSPS) is 19.1. The first kappa shape index (κ1) is 14.0. The maximum absolute atomic E-state index is 11.1. The fourth-order valence-electron chi connectivity index (χ4n) is 1.50. The van der Waals surface area contributed by atoms with Gasteiger partial charge in [-0.25, -0.2) is 4.79 Å². The number of esters is 1. The van der Waals surface area contributed by atoms with Crippen molar-refractivity contribution in [3.63, 3.8) is 0 Å². The Hall–Kier alpha value is -0.0900. The van der Waals surface area contributed by atoms with Crippen LogP contribution in [0.4, 0.5) is 0 Å². The lowest BCUT2D eigenvalue weighted by atomic mass is 10.2. The summed E-state index contributed by atoms with van der Waals surface area (Å²) in [7, 11) is 0. The topological polar surface area (TPSA) is 26.3 Å². The molecule has 0 atom stereocenters. The van der Waals surface area contributed by atoms with Crippen molar-refractivity contribution in [3.8, 4) is 0 Å². The van der Waals surface area contributed by atoms with Crippen LogP contribution in [0.25, 0.3) is 0 Å². The summed E-state index contributed by atoms with van der Waals surface area (Å²) in [6, 6.07) is 0. The predicted octanol–water partition coefficient (Wildman–Crippen LogP) is 3.47. The highest BCUT2D eigenvalue weighted by Crippen LogP contribution is 2.44. The van der Waals surface area contributed by atoms with E-state index in [1.807, 2.05) is 23.5 Å². The van der Waals surface area contributed by atoms with Gasteiger partial charge < -0.3 is 4.74 Å². The summed E-state index contributed by atoms with van der Waals surface area (Å²) in [5.74, 6) is 2.25. The van der Waals surface area contributed by atoms with Gasteiger partial charge in [-0.15, -0.1) is 23.5 Å². The van der Waals surface area contributed by atoms with E-state index in [1.54, 1.807) is 6.92 Å². The van der Waals surface area contributed by atoms with Crippen molar-refractivity contribution in [3.05, 3.63) is 12.2 Å². The first-order valence-electron chi connectivity index (χ1n) is 5.64. The zero-order chi connectivity index (χ0) is 12.0. The van der Waals surface area contributed by atoms with Crippen molar-refractivity contribution in [1.29, 1.82) is 0 Å². The van der Waals surface area contributed by atoms with Crippen LogP contribution in [0, 0.1) is 0 Å². The minimum absolute atomic E-state index is 0.269. The van der Waals surface area contributed by atoms with Crippen LogP contribution in [-0.2, 0) is 9.53 Å². The maximum Gasteiger partial charge on any atom is 0.333 e. The van der Waals surface area contributed by atoms with Gasteiger partial charge in [0.25, 0.3) is 0 Å². The largest absolute Gasteiger partial charge is 0.462 e. The highest BCUT2D eigenvalue weighted by molar-refractivity contribution is 8.18. The Morgan fingerprint density at radius 2 is 2.06 bits per heavy atom. The highest BCUT2D eigenvalue weighted by atomic mass is 32.2. The van der Waals surface area contributed by atoms with Crippen LogP contribution >= 0.6 is 23.5 Å². The summed E-state index contributed by atoms with van der Waals surface area (Å²) < 4.78 is 5.41. The zero-order valence-corrected chi connectivity index (χ0v) is 11.7. The molecule has 1 fully saturated rings. The first-order chi connectivity index (χ1) is 7.53. The molecule has 0 amide bonds. The van der Waals surface area contributed by atoms with Gasteiger partial charge in [0.1, 0.15) is 0 Å². The van der Waals surface area contributed by atoms with Crippen LogP contribution in [-0.4, -0.2) is 28.2 Å². The second-order valence-corrected chi connectivity index (χ2v) is 7.66. The summed E-state index contributed by atoms with van der Waals surface area (Å²) in [5.41, 5.74) is 0.479. The van der Waals surface area contributed by atoms with Crippen molar-refractivity contribution in [2.45, 2.75) is 37.2 Å². The Kier molecular flexibility index (Phi) is 5.76. The molecule has 1 rings (SSSR count). The predicted molar refractivity (Wildman–Crippen MR) is 72.9 cm³/mol. The molecule has 0 bridgehead atoms. The Morgan fingerprint density at radius 1 is 1.44 bits per heavy atom. The lowest BCUT2D eigenvalue weighted by Crippen LogP contribution is -2.21. The quantitative estimate of drug-likeness (QED) is 0.429. The van der Waals surface area contributed by atoms with Crippen molar-refractivity contribution in [1.82, 2.24) is 0 Å². The molecule has 0 aromatic carbocycles. The van der Waals surface area contributed by atoms with Crippen molar-refractivity contribution in [2.24, 2.45) is 0 Å². The number of hydrogen-bond acceptors (Lipinski definition) is 4. The molecule has 92 valence electrons. The molecular formula is C12H20O2S2. The van der Waals surface area contributed by atoms with Crippen molar-refractivity contribution in [2.75, 3.05) is 18.1 Å². The Bertz CT molecular complexity index is 258. The molecule has 0 saturated carbocycles. The van der Waals surface area contributed by atoms with Crippen LogP contribution in [0.3, 0.4) is 0 Å². The summed E-state index contributed by atoms with van der Waals surface area (Å²) >= 11 is 4.07. The standard InChI is InChI=1S/C12H20O2S2/c1-10(2)11(13)14-7-4-6-12(3)15-8-5-9-16-12/h1,4-9H2,2-3H3. The number of carbonyl (C=O) groups is 1. The molecule has 0 radical (unpaired) electrons. The van der Waals surface area contributed by atoms with Crippen molar-refractivity contribution >= 4 is 29.5 Å². The van der Waals surface area contributed by atoms with Crippen LogP contribution in [0.5, 0.6) is 0 Å². The molecule has 16 heavy (non-hydrogen) atoms. The summed E-state index contributed by atoms with van der Waals surface area (Å²) in [4.78, 5) is 11.1. The Morgan fingerprint density at radius 3 is 2.62 bits per heavy atom. The molecular weight excluding hydrogens is 240 g/mol. The Balaban J connectivity index is 2.14. The average molecular weight is 260 g/mol. The fraction of sp³-hybridized carbons (Fsp3) is 0.750. The molecule has 1 aliphatic heterocycles. The summed E-state index contributed by atoms with van der Waals surface area (Å²) in [6.45, 7) is 8.04. The second kappa shape index (κ2) is 6.60. The number of carbonyl (C=O) groups excluding carboxylic acids is 1. The average Bonchev–Trinajstić information content (AvgIpc) is 2.25. The molecule has 1 saturated heterocycles. The van der Waals surface area contributed by atoms with Gasteiger partial charge in [0.15, 0.2) is 0 Å². The van der Waals surface area contributed by atoms with E-state index < -0.39 is 0 Å². The second-order valence-electron chi connectivity index (χ2n) is 4.20. The molecule has 0 N–H and O–H groups in total. The molecule has 2 nitrogen and oxygen atoms in total. The number of ether oxygens (including phenoxy) is 1. The SMILES string of the molecule is C=C(C)C(=O)OCCCC1(C)SCCCS1. The van der Waals surface area contributed by atoms with Gasteiger partial charge in [0.2, 0.25) is 0 Å². The van der Waals surface area contributed by atoms with E-state index in [1.165, 1.54) is 17.9 Å². The van der Waals surface area contributed by atoms with E-state index in [0.29, 0.717) is 16.3 Å². The molecule has 1 heterocycles. The monoisotopic (exact) mass is 260 g/mol. The number of thioether (sulfide) groups is 2. The van der Waals surface area contributed by atoms with Gasteiger partial charge in [0.05, 0.1) is 10.7 Å². The number of rotatable bonds is 5. The molecule has 0 aromatic rings. The molecule has 1 aliphatic rings. The minimum Gasteiger partial charge on any atom is -0.462 e. The third-order valence-corrected chi connectivity index (χ3v) is 5.78.